The topological polar surface area (TPSA) is 38.8 Å². The van der Waals surface area contributed by atoms with Gasteiger partial charge in [0.05, 0.1) is 17.7 Å². The zero-order valence-electron chi connectivity index (χ0n) is 15.8. The van der Waals surface area contributed by atoms with E-state index in [9.17, 15) is 4.79 Å². The Morgan fingerprint density at radius 2 is 1.93 bits per heavy atom. The maximum atomic E-state index is 12.9. The molecule has 1 amide bonds. The van der Waals surface area contributed by atoms with Crippen molar-refractivity contribution in [1.29, 1.82) is 0 Å². The van der Waals surface area contributed by atoms with E-state index in [0.29, 0.717) is 27.3 Å². The van der Waals surface area contributed by atoms with E-state index < -0.39 is 0 Å². The number of aryl methyl sites for hydroxylation is 1. The number of carbonyl (C=O) groups is 1. The van der Waals surface area contributed by atoms with Crippen molar-refractivity contribution >= 4 is 46.0 Å². The zero-order valence-corrected chi connectivity index (χ0v) is 17.4. The predicted molar refractivity (Wildman–Crippen MR) is 120 cm³/mol. The van der Waals surface area contributed by atoms with Gasteiger partial charge in [0, 0.05) is 0 Å². The number of ether oxygens (including phenoxy) is 2. The van der Waals surface area contributed by atoms with Crippen molar-refractivity contribution in [2.24, 2.45) is 0 Å². The number of benzene rings is 2. The first-order valence-electron chi connectivity index (χ1n) is 8.86. The molecule has 144 valence electrons. The molecule has 0 N–H and O–H groups in total. The van der Waals surface area contributed by atoms with E-state index in [1.807, 2.05) is 48.5 Å². The van der Waals surface area contributed by atoms with Gasteiger partial charge in [0.25, 0.3) is 5.91 Å². The summed E-state index contributed by atoms with van der Waals surface area (Å²) in [7, 11) is 1.58. The molecule has 0 aromatic heterocycles. The van der Waals surface area contributed by atoms with Gasteiger partial charge in [-0.1, -0.05) is 61.8 Å². The highest BCUT2D eigenvalue weighted by atomic mass is 32.2. The average molecular weight is 412 g/mol. The fraction of sp³-hybridized carbons (Fsp3) is 0.182. The predicted octanol–water partition coefficient (Wildman–Crippen LogP) is 5.23. The SMILES string of the molecule is C=CCOc1ccc(/C=C2\SC(=S)N(c3ccc(CC)cc3)C2=O)cc1OC. The van der Waals surface area contributed by atoms with Crippen LogP contribution in [0.5, 0.6) is 11.5 Å². The first-order valence-corrected chi connectivity index (χ1v) is 10.1. The third-order valence-corrected chi connectivity index (χ3v) is 5.54. The molecule has 2 aromatic rings. The number of hydrogen-bond donors (Lipinski definition) is 0. The van der Waals surface area contributed by atoms with E-state index >= 15 is 0 Å². The molecule has 0 unspecified atom stereocenters. The van der Waals surface area contributed by atoms with E-state index in [2.05, 4.69) is 13.5 Å². The molecule has 28 heavy (non-hydrogen) atoms. The first kappa shape index (κ1) is 20.2. The molecule has 3 rings (SSSR count). The van der Waals surface area contributed by atoms with E-state index in [1.165, 1.54) is 17.3 Å². The van der Waals surface area contributed by atoms with Crippen LogP contribution in [0.1, 0.15) is 18.1 Å². The monoisotopic (exact) mass is 411 g/mol. The smallest absolute Gasteiger partial charge is 0.270 e. The lowest BCUT2D eigenvalue weighted by atomic mass is 10.1. The molecule has 1 aliphatic heterocycles. The number of hydrogen-bond acceptors (Lipinski definition) is 5. The van der Waals surface area contributed by atoms with Gasteiger partial charge in [0.1, 0.15) is 6.61 Å². The Kier molecular flexibility index (Phi) is 6.54. The fourth-order valence-corrected chi connectivity index (χ4v) is 4.06. The van der Waals surface area contributed by atoms with Crippen LogP contribution in [-0.2, 0) is 11.2 Å². The van der Waals surface area contributed by atoms with Crippen LogP contribution in [-0.4, -0.2) is 23.9 Å². The highest BCUT2D eigenvalue weighted by molar-refractivity contribution is 8.27. The lowest BCUT2D eigenvalue weighted by Gasteiger charge is -2.14. The van der Waals surface area contributed by atoms with Gasteiger partial charge in [-0.15, -0.1) is 0 Å². The van der Waals surface area contributed by atoms with Crippen LogP contribution in [0.15, 0.2) is 60.0 Å². The summed E-state index contributed by atoms with van der Waals surface area (Å²) in [6, 6.07) is 13.4. The van der Waals surface area contributed by atoms with Crippen molar-refractivity contribution in [3.05, 3.63) is 71.2 Å². The third kappa shape index (κ3) is 4.29. The Balaban J connectivity index is 1.85. The van der Waals surface area contributed by atoms with Gasteiger partial charge >= 0.3 is 0 Å². The van der Waals surface area contributed by atoms with Gasteiger partial charge in [-0.25, -0.2) is 0 Å². The molecular formula is C22H21NO3S2. The number of thioether (sulfide) groups is 1. The molecule has 1 fully saturated rings. The normalized spacial score (nSPS) is 15.2. The van der Waals surface area contributed by atoms with E-state index in [-0.39, 0.29) is 5.91 Å². The van der Waals surface area contributed by atoms with E-state index in [4.69, 9.17) is 21.7 Å². The quantitative estimate of drug-likeness (QED) is 0.354. The Labute approximate surface area is 174 Å². The molecule has 1 aliphatic rings. The van der Waals surface area contributed by atoms with Gasteiger partial charge < -0.3 is 9.47 Å². The van der Waals surface area contributed by atoms with Gasteiger partial charge in [0.15, 0.2) is 15.8 Å². The molecule has 0 bridgehead atoms. The molecule has 0 radical (unpaired) electrons. The second kappa shape index (κ2) is 9.08. The Morgan fingerprint density at radius 1 is 1.18 bits per heavy atom. The van der Waals surface area contributed by atoms with Crippen LogP contribution in [0.25, 0.3) is 6.08 Å². The van der Waals surface area contributed by atoms with Gasteiger partial charge in [0.2, 0.25) is 0 Å². The summed E-state index contributed by atoms with van der Waals surface area (Å²) < 4.78 is 11.5. The minimum absolute atomic E-state index is 0.120. The number of methoxy groups -OCH3 is 1. The molecule has 1 heterocycles. The maximum absolute atomic E-state index is 12.9. The molecule has 0 spiro atoms. The van der Waals surface area contributed by atoms with Crippen LogP contribution in [0.4, 0.5) is 5.69 Å². The third-order valence-electron chi connectivity index (χ3n) is 4.24. The van der Waals surface area contributed by atoms with Crippen LogP contribution < -0.4 is 14.4 Å². The molecule has 0 atom stereocenters. The zero-order chi connectivity index (χ0) is 20.1. The molecule has 1 saturated heterocycles. The minimum atomic E-state index is -0.120. The summed E-state index contributed by atoms with van der Waals surface area (Å²) in [5.41, 5.74) is 2.84. The Hall–Kier alpha value is -2.57. The summed E-state index contributed by atoms with van der Waals surface area (Å²) >= 11 is 6.74. The lowest BCUT2D eigenvalue weighted by molar-refractivity contribution is -0.113. The largest absolute Gasteiger partial charge is 0.493 e. The maximum Gasteiger partial charge on any atom is 0.270 e. The van der Waals surface area contributed by atoms with Crippen molar-refractivity contribution in [1.82, 2.24) is 0 Å². The van der Waals surface area contributed by atoms with Gasteiger partial charge in [-0.05, 0) is 47.9 Å². The van der Waals surface area contributed by atoms with Crippen molar-refractivity contribution in [2.45, 2.75) is 13.3 Å². The number of rotatable bonds is 7. The lowest BCUT2D eigenvalue weighted by Crippen LogP contribution is -2.27. The molecule has 0 aliphatic carbocycles. The summed E-state index contributed by atoms with van der Waals surface area (Å²) in [5, 5.41) is 0. The average Bonchev–Trinajstić information content (AvgIpc) is 3.00. The second-order valence-electron chi connectivity index (χ2n) is 6.05. The summed E-state index contributed by atoms with van der Waals surface area (Å²) in [5.74, 6) is 1.11. The number of amides is 1. The van der Waals surface area contributed by atoms with Crippen molar-refractivity contribution in [3.8, 4) is 11.5 Å². The highest BCUT2D eigenvalue weighted by Gasteiger charge is 2.33. The number of thiocarbonyl (C=S) groups is 1. The Morgan fingerprint density at radius 3 is 2.57 bits per heavy atom. The standard InChI is InChI=1S/C22H21NO3S2/c1-4-12-26-18-11-8-16(13-19(18)25-3)14-20-21(24)23(22(27)28-20)17-9-6-15(5-2)7-10-17/h4,6-11,13-14H,1,5,12H2,2-3H3/b20-14-. The second-order valence-corrected chi connectivity index (χ2v) is 7.72. The number of carbonyl (C=O) groups excluding carboxylic acids is 1. The minimum Gasteiger partial charge on any atom is -0.493 e. The Bertz CT molecular complexity index is 935. The number of anilines is 1. The first-order chi connectivity index (χ1) is 13.6. The van der Waals surface area contributed by atoms with Crippen LogP contribution in [0.3, 0.4) is 0 Å². The fourth-order valence-electron chi connectivity index (χ4n) is 2.76. The van der Waals surface area contributed by atoms with Crippen molar-refractivity contribution in [2.75, 3.05) is 18.6 Å². The van der Waals surface area contributed by atoms with Crippen molar-refractivity contribution in [3.63, 3.8) is 0 Å². The van der Waals surface area contributed by atoms with Crippen molar-refractivity contribution < 1.29 is 14.3 Å². The number of nitrogens with zero attached hydrogens (tertiary/aromatic N) is 1. The van der Waals surface area contributed by atoms with Crippen LogP contribution >= 0.6 is 24.0 Å². The van der Waals surface area contributed by atoms with E-state index in [0.717, 1.165) is 17.7 Å². The molecule has 0 saturated carbocycles. The van der Waals surface area contributed by atoms with Crippen LogP contribution in [0, 0.1) is 0 Å². The molecule has 2 aromatic carbocycles. The van der Waals surface area contributed by atoms with Gasteiger partial charge in [-0.3, -0.25) is 9.69 Å². The highest BCUT2D eigenvalue weighted by Crippen LogP contribution is 2.37. The van der Waals surface area contributed by atoms with Crippen LogP contribution in [0.2, 0.25) is 0 Å². The van der Waals surface area contributed by atoms with E-state index in [1.54, 1.807) is 18.1 Å². The molecule has 4 nitrogen and oxygen atoms in total. The summed E-state index contributed by atoms with van der Waals surface area (Å²) in [4.78, 5) is 15.1. The summed E-state index contributed by atoms with van der Waals surface area (Å²) in [6.45, 7) is 6.13. The van der Waals surface area contributed by atoms with Gasteiger partial charge in [-0.2, -0.15) is 0 Å². The summed E-state index contributed by atoms with van der Waals surface area (Å²) in [6.07, 6.45) is 4.44. The molecule has 6 heteroatoms. The molecular weight excluding hydrogens is 390 g/mol.